The van der Waals surface area contributed by atoms with Gasteiger partial charge in [0.2, 0.25) is 0 Å². The molecule has 1 heterocycles. The molecule has 1 aliphatic rings. The van der Waals surface area contributed by atoms with Crippen molar-refractivity contribution in [1.29, 1.82) is 0 Å². The van der Waals surface area contributed by atoms with Crippen LogP contribution in [0.3, 0.4) is 0 Å². The minimum absolute atomic E-state index is 0.851. The quantitative estimate of drug-likeness (QED) is 0.733. The molecular formula is C16H25NO. The summed E-state index contributed by atoms with van der Waals surface area (Å²) in [5, 5.41) is 0. The van der Waals surface area contributed by atoms with Gasteiger partial charge in [-0.15, -0.1) is 0 Å². The molecule has 18 heavy (non-hydrogen) atoms. The zero-order valence-electron chi connectivity index (χ0n) is 11.9. The Kier molecular flexibility index (Phi) is 4.26. The van der Waals surface area contributed by atoms with Gasteiger partial charge in [0, 0.05) is 23.5 Å². The Morgan fingerprint density at radius 2 is 2.17 bits per heavy atom. The van der Waals surface area contributed by atoms with Crippen molar-refractivity contribution >= 4 is 6.29 Å². The fraction of sp³-hybridized carbons (Fsp3) is 0.688. The van der Waals surface area contributed by atoms with E-state index in [2.05, 4.69) is 25.3 Å². The molecule has 0 aromatic carbocycles. The van der Waals surface area contributed by atoms with E-state index in [1.165, 1.54) is 37.8 Å². The summed E-state index contributed by atoms with van der Waals surface area (Å²) in [5.74, 6) is 1.79. The largest absolute Gasteiger partial charge is 0.348 e. The van der Waals surface area contributed by atoms with Crippen molar-refractivity contribution in [1.82, 2.24) is 4.57 Å². The minimum Gasteiger partial charge on any atom is -0.348 e. The van der Waals surface area contributed by atoms with Crippen LogP contribution >= 0.6 is 0 Å². The molecule has 2 atom stereocenters. The number of hydrogen-bond acceptors (Lipinski definition) is 1. The highest BCUT2D eigenvalue weighted by molar-refractivity contribution is 5.77. The number of aldehydes is 1. The summed E-state index contributed by atoms with van der Waals surface area (Å²) in [6, 6.07) is 2.01. The molecule has 0 amide bonds. The molecule has 2 nitrogen and oxygen atoms in total. The maximum Gasteiger partial charge on any atom is 0.151 e. The second kappa shape index (κ2) is 5.73. The SMILES string of the molecule is Cc1cc(C=O)c(C)n1CCC1CCCC(C)C1. The number of aryl methyl sites for hydroxylation is 1. The molecule has 2 rings (SSSR count). The second-order valence-corrected chi connectivity index (χ2v) is 6.02. The number of aromatic nitrogens is 1. The van der Waals surface area contributed by atoms with Gasteiger partial charge in [0.15, 0.2) is 6.29 Å². The maximum absolute atomic E-state index is 10.9. The van der Waals surface area contributed by atoms with Crippen LogP contribution in [0.2, 0.25) is 0 Å². The van der Waals surface area contributed by atoms with Gasteiger partial charge in [-0.25, -0.2) is 0 Å². The third-order valence-corrected chi connectivity index (χ3v) is 4.55. The van der Waals surface area contributed by atoms with Crippen molar-refractivity contribution in [3.8, 4) is 0 Å². The first-order chi connectivity index (χ1) is 8.61. The number of nitrogens with zero attached hydrogens (tertiary/aromatic N) is 1. The van der Waals surface area contributed by atoms with Crippen LogP contribution < -0.4 is 0 Å². The summed E-state index contributed by atoms with van der Waals surface area (Å²) in [7, 11) is 0. The average molecular weight is 247 g/mol. The predicted molar refractivity (Wildman–Crippen MR) is 75.0 cm³/mol. The molecule has 0 N–H and O–H groups in total. The third-order valence-electron chi connectivity index (χ3n) is 4.55. The molecule has 0 aliphatic heterocycles. The lowest BCUT2D eigenvalue weighted by atomic mass is 9.81. The van der Waals surface area contributed by atoms with E-state index >= 15 is 0 Å². The highest BCUT2D eigenvalue weighted by Gasteiger charge is 2.19. The fourth-order valence-electron chi connectivity index (χ4n) is 3.42. The van der Waals surface area contributed by atoms with Crippen LogP contribution in [0.15, 0.2) is 6.07 Å². The van der Waals surface area contributed by atoms with Crippen molar-refractivity contribution in [3.63, 3.8) is 0 Å². The molecule has 0 bridgehead atoms. The summed E-state index contributed by atoms with van der Waals surface area (Å²) in [4.78, 5) is 10.9. The Morgan fingerprint density at radius 1 is 1.39 bits per heavy atom. The van der Waals surface area contributed by atoms with E-state index in [0.29, 0.717) is 0 Å². The molecular weight excluding hydrogens is 222 g/mol. The van der Waals surface area contributed by atoms with E-state index < -0.39 is 0 Å². The molecule has 0 spiro atoms. The number of carbonyl (C=O) groups excluding carboxylic acids is 1. The Labute approximate surface area is 110 Å². The molecule has 100 valence electrons. The van der Waals surface area contributed by atoms with Crippen LogP contribution in [0.4, 0.5) is 0 Å². The van der Waals surface area contributed by atoms with Gasteiger partial charge in [-0.2, -0.15) is 0 Å². The minimum atomic E-state index is 0.851. The van der Waals surface area contributed by atoms with Crippen LogP contribution in [-0.2, 0) is 6.54 Å². The van der Waals surface area contributed by atoms with Gasteiger partial charge in [0.25, 0.3) is 0 Å². The lowest BCUT2D eigenvalue weighted by Gasteiger charge is -2.27. The first-order valence-electron chi connectivity index (χ1n) is 7.23. The Bertz CT molecular complexity index is 419. The van der Waals surface area contributed by atoms with Gasteiger partial charge < -0.3 is 4.57 Å². The maximum atomic E-state index is 10.9. The first-order valence-corrected chi connectivity index (χ1v) is 7.23. The number of carbonyl (C=O) groups is 1. The summed E-state index contributed by atoms with van der Waals surface area (Å²) >= 11 is 0. The highest BCUT2D eigenvalue weighted by atomic mass is 16.1. The van der Waals surface area contributed by atoms with E-state index in [1.54, 1.807) is 0 Å². The predicted octanol–water partition coefficient (Wildman–Crippen LogP) is 4.13. The summed E-state index contributed by atoms with van der Waals surface area (Å²) in [6.45, 7) is 7.61. The van der Waals surface area contributed by atoms with Gasteiger partial charge in [-0.3, -0.25) is 4.79 Å². The molecule has 2 unspecified atom stereocenters. The van der Waals surface area contributed by atoms with E-state index in [4.69, 9.17) is 0 Å². The van der Waals surface area contributed by atoms with Gasteiger partial charge in [0.1, 0.15) is 0 Å². The monoisotopic (exact) mass is 247 g/mol. The van der Waals surface area contributed by atoms with E-state index in [1.807, 2.05) is 6.07 Å². The summed E-state index contributed by atoms with van der Waals surface area (Å²) in [5.41, 5.74) is 3.20. The van der Waals surface area contributed by atoms with Crippen LogP contribution in [-0.4, -0.2) is 10.9 Å². The smallest absolute Gasteiger partial charge is 0.151 e. The van der Waals surface area contributed by atoms with Crippen LogP contribution in [0, 0.1) is 25.7 Å². The third kappa shape index (κ3) is 2.85. The zero-order chi connectivity index (χ0) is 13.1. The Morgan fingerprint density at radius 3 is 2.78 bits per heavy atom. The second-order valence-electron chi connectivity index (χ2n) is 6.02. The highest BCUT2D eigenvalue weighted by Crippen LogP contribution is 2.31. The molecule has 1 aliphatic carbocycles. The molecule has 2 heteroatoms. The first kappa shape index (κ1) is 13.4. The van der Waals surface area contributed by atoms with Gasteiger partial charge in [0.05, 0.1) is 0 Å². The molecule has 1 aromatic heterocycles. The van der Waals surface area contributed by atoms with E-state index in [-0.39, 0.29) is 0 Å². The number of rotatable bonds is 4. The summed E-state index contributed by atoms with van der Waals surface area (Å²) in [6.07, 6.45) is 7.83. The van der Waals surface area contributed by atoms with Crippen molar-refractivity contribution in [2.24, 2.45) is 11.8 Å². The lowest BCUT2D eigenvalue weighted by molar-refractivity contribution is 0.112. The Balaban J connectivity index is 1.97. The topological polar surface area (TPSA) is 22.0 Å². The number of hydrogen-bond donors (Lipinski definition) is 0. The molecule has 1 saturated carbocycles. The summed E-state index contributed by atoms with van der Waals surface area (Å²) < 4.78 is 2.31. The van der Waals surface area contributed by atoms with Crippen molar-refractivity contribution < 1.29 is 4.79 Å². The van der Waals surface area contributed by atoms with E-state index in [9.17, 15) is 4.79 Å². The van der Waals surface area contributed by atoms with Crippen molar-refractivity contribution in [2.45, 2.75) is 59.4 Å². The fourth-order valence-corrected chi connectivity index (χ4v) is 3.42. The van der Waals surface area contributed by atoms with Gasteiger partial charge in [-0.05, 0) is 44.6 Å². The molecule has 1 fully saturated rings. The standard InChI is InChI=1S/C16H25NO/c1-12-5-4-6-15(9-12)7-8-17-13(2)10-16(11-18)14(17)3/h10-12,15H,4-9H2,1-3H3. The molecule has 1 aromatic rings. The Hall–Kier alpha value is -1.05. The van der Waals surface area contributed by atoms with Gasteiger partial charge >= 0.3 is 0 Å². The van der Waals surface area contributed by atoms with Crippen molar-refractivity contribution in [2.75, 3.05) is 0 Å². The van der Waals surface area contributed by atoms with Crippen LogP contribution in [0.1, 0.15) is 60.8 Å². The van der Waals surface area contributed by atoms with E-state index in [0.717, 1.165) is 35.9 Å². The van der Waals surface area contributed by atoms with Gasteiger partial charge in [-0.1, -0.05) is 26.2 Å². The molecule has 0 saturated heterocycles. The van der Waals surface area contributed by atoms with Crippen LogP contribution in [0.25, 0.3) is 0 Å². The zero-order valence-corrected chi connectivity index (χ0v) is 11.9. The van der Waals surface area contributed by atoms with Crippen molar-refractivity contribution in [3.05, 3.63) is 23.0 Å². The lowest BCUT2D eigenvalue weighted by Crippen LogP contribution is -2.16. The average Bonchev–Trinajstić information content (AvgIpc) is 2.62. The molecule has 0 radical (unpaired) electrons. The van der Waals surface area contributed by atoms with Crippen LogP contribution in [0.5, 0.6) is 0 Å². The normalized spacial score (nSPS) is 24.2.